The van der Waals surface area contributed by atoms with E-state index in [1.807, 2.05) is 6.20 Å². The Morgan fingerprint density at radius 2 is 2.31 bits per heavy atom. The van der Waals surface area contributed by atoms with E-state index >= 15 is 0 Å². The van der Waals surface area contributed by atoms with Crippen LogP contribution in [0.4, 0.5) is 0 Å². The lowest BCUT2D eigenvalue weighted by molar-refractivity contribution is 0.617. The monoisotopic (exact) mass is 346 g/mol. The first-order chi connectivity index (χ1) is 7.72. The van der Waals surface area contributed by atoms with Gasteiger partial charge in [0.25, 0.3) is 0 Å². The van der Waals surface area contributed by atoms with Gasteiger partial charge in [-0.25, -0.2) is 0 Å². The fraction of sp³-hybridized carbons (Fsp3) is 0.583. The van der Waals surface area contributed by atoms with Gasteiger partial charge >= 0.3 is 0 Å². The summed E-state index contributed by atoms with van der Waals surface area (Å²) in [6, 6.07) is 2.08. The Morgan fingerprint density at radius 3 is 3.00 bits per heavy atom. The molecule has 1 heterocycles. The Kier molecular flexibility index (Phi) is 4.39. The van der Waals surface area contributed by atoms with E-state index in [1.54, 1.807) is 0 Å². The molecule has 4 heteroatoms. The molecule has 0 radical (unpaired) electrons. The van der Waals surface area contributed by atoms with E-state index in [2.05, 4.69) is 55.2 Å². The molecular weight excluding hydrogens is 332 g/mol. The number of nitrogens with one attached hydrogen (secondary N) is 1. The molecule has 1 fully saturated rings. The normalized spacial score (nSPS) is 23.4. The lowest BCUT2D eigenvalue weighted by atomic mass is 10.2. The molecule has 2 rings (SSSR count). The van der Waals surface area contributed by atoms with E-state index in [0.29, 0.717) is 5.92 Å². The molecule has 0 saturated heterocycles. The maximum atomic E-state index is 4.50. The fourth-order valence-corrected chi connectivity index (χ4v) is 3.25. The molecule has 0 aromatic carbocycles. The van der Waals surface area contributed by atoms with Gasteiger partial charge in [0.2, 0.25) is 0 Å². The van der Waals surface area contributed by atoms with Crippen molar-refractivity contribution in [1.29, 1.82) is 0 Å². The van der Waals surface area contributed by atoms with Gasteiger partial charge in [-0.05, 0) is 69.8 Å². The van der Waals surface area contributed by atoms with Crippen molar-refractivity contribution in [3.8, 4) is 0 Å². The molecule has 88 valence electrons. The predicted octanol–water partition coefficient (Wildman–Crippen LogP) is 3.71. The highest BCUT2D eigenvalue weighted by Gasteiger charge is 2.39. The minimum Gasteiger partial charge on any atom is -0.316 e. The van der Waals surface area contributed by atoms with Crippen LogP contribution in [0.2, 0.25) is 0 Å². The lowest BCUT2D eigenvalue weighted by Gasteiger charge is -2.04. The molecule has 1 aromatic rings. The van der Waals surface area contributed by atoms with Gasteiger partial charge in [0.1, 0.15) is 0 Å². The third-order valence-corrected chi connectivity index (χ3v) is 4.01. The summed E-state index contributed by atoms with van der Waals surface area (Å²) >= 11 is 7.01. The molecule has 16 heavy (non-hydrogen) atoms. The van der Waals surface area contributed by atoms with Crippen molar-refractivity contribution >= 4 is 31.9 Å². The van der Waals surface area contributed by atoms with Gasteiger partial charge in [0.15, 0.2) is 0 Å². The second-order valence-electron chi connectivity index (χ2n) is 4.33. The van der Waals surface area contributed by atoms with Crippen molar-refractivity contribution in [3.63, 3.8) is 0 Å². The third-order valence-electron chi connectivity index (χ3n) is 2.94. The first-order valence-electron chi connectivity index (χ1n) is 5.74. The maximum absolute atomic E-state index is 4.50. The molecule has 0 aliphatic heterocycles. The van der Waals surface area contributed by atoms with Gasteiger partial charge in [-0.1, -0.05) is 6.92 Å². The van der Waals surface area contributed by atoms with E-state index in [9.17, 15) is 0 Å². The molecular formula is C12H16Br2N2. The molecule has 1 aliphatic carbocycles. The summed E-state index contributed by atoms with van der Waals surface area (Å²) in [4.78, 5) is 4.50. The van der Waals surface area contributed by atoms with E-state index in [4.69, 9.17) is 0 Å². The molecule has 1 saturated carbocycles. The quantitative estimate of drug-likeness (QED) is 0.821. The number of halogens is 2. The van der Waals surface area contributed by atoms with Crippen molar-refractivity contribution in [2.24, 2.45) is 5.92 Å². The van der Waals surface area contributed by atoms with Crippen LogP contribution in [0.15, 0.2) is 21.2 Å². The molecule has 0 bridgehead atoms. The largest absolute Gasteiger partial charge is 0.316 e. The van der Waals surface area contributed by atoms with Gasteiger partial charge in [-0.2, -0.15) is 0 Å². The molecule has 0 spiro atoms. The summed E-state index contributed by atoms with van der Waals surface area (Å²) in [6.45, 7) is 4.45. The molecule has 1 aromatic heterocycles. The van der Waals surface area contributed by atoms with E-state index < -0.39 is 0 Å². The van der Waals surface area contributed by atoms with Crippen molar-refractivity contribution in [1.82, 2.24) is 10.3 Å². The number of aromatic nitrogens is 1. The summed E-state index contributed by atoms with van der Waals surface area (Å²) < 4.78 is 2.16. The van der Waals surface area contributed by atoms with Gasteiger partial charge in [-0.3, -0.25) is 4.98 Å². The second-order valence-corrected chi connectivity index (χ2v) is 6.10. The molecule has 1 N–H and O–H groups in total. The van der Waals surface area contributed by atoms with Crippen molar-refractivity contribution in [3.05, 3.63) is 26.9 Å². The third kappa shape index (κ3) is 3.05. The van der Waals surface area contributed by atoms with Crippen LogP contribution >= 0.6 is 31.9 Å². The zero-order valence-corrected chi connectivity index (χ0v) is 12.5. The Hall–Kier alpha value is 0.0700. The van der Waals surface area contributed by atoms with Gasteiger partial charge in [0.05, 0.1) is 5.69 Å². The zero-order valence-electron chi connectivity index (χ0n) is 9.34. The van der Waals surface area contributed by atoms with Crippen molar-refractivity contribution in [2.75, 3.05) is 13.1 Å². The smallest absolute Gasteiger partial charge is 0.0580 e. The minimum atomic E-state index is 0.645. The molecule has 0 amide bonds. The van der Waals surface area contributed by atoms with Crippen LogP contribution in [0.1, 0.15) is 31.4 Å². The first kappa shape index (κ1) is 12.5. The van der Waals surface area contributed by atoms with Crippen molar-refractivity contribution in [2.45, 2.75) is 25.7 Å². The van der Waals surface area contributed by atoms with Crippen LogP contribution < -0.4 is 5.32 Å². The second kappa shape index (κ2) is 5.61. The van der Waals surface area contributed by atoms with Crippen LogP contribution in [0, 0.1) is 5.92 Å². The van der Waals surface area contributed by atoms with Crippen LogP contribution in [-0.4, -0.2) is 18.1 Å². The number of pyridine rings is 1. The highest BCUT2D eigenvalue weighted by Crippen LogP contribution is 2.48. The Labute approximate surface area is 113 Å². The Morgan fingerprint density at radius 1 is 1.50 bits per heavy atom. The number of rotatable bonds is 5. The number of nitrogens with zero attached hydrogens (tertiary/aromatic N) is 1. The maximum Gasteiger partial charge on any atom is 0.0580 e. The van der Waals surface area contributed by atoms with Gasteiger partial charge in [-0.15, -0.1) is 0 Å². The first-order valence-corrected chi connectivity index (χ1v) is 7.32. The Bertz CT molecular complexity index is 368. The van der Waals surface area contributed by atoms with Crippen molar-refractivity contribution < 1.29 is 0 Å². The van der Waals surface area contributed by atoms with Crippen LogP contribution in [0.25, 0.3) is 0 Å². The highest BCUT2D eigenvalue weighted by atomic mass is 79.9. The molecule has 2 nitrogen and oxygen atoms in total. The lowest BCUT2D eigenvalue weighted by Crippen LogP contribution is -2.18. The predicted molar refractivity (Wildman–Crippen MR) is 73.6 cm³/mol. The molecule has 2 atom stereocenters. The van der Waals surface area contributed by atoms with Gasteiger partial charge in [0, 0.05) is 21.1 Å². The summed E-state index contributed by atoms with van der Waals surface area (Å²) in [5.41, 5.74) is 1.21. The molecule has 1 aliphatic rings. The van der Waals surface area contributed by atoms with Gasteiger partial charge < -0.3 is 5.32 Å². The standard InChI is InChI=1S/C12H16Br2N2/c1-2-3-15-6-8-4-10(8)12-11(14)5-9(13)7-16-12/h5,7-8,10,15H,2-4,6H2,1H3. The topological polar surface area (TPSA) is 24.9 Å². The minimum absolute atomic E-state index is 0.645. The summed E-state index contributed by atoms with van der Waals surface area (Å²) in [5, 5.41) is 3.48. The SMILES string of the molecule is CCCNCC1CC1c1ncc(Br)cc1Br. The number of hydrogen-bond donors (Lipinski definition) is 1. The zero-order chi connectivity index (χ0) is 11.5. The van der Waals surface area contributed by atoms with Crippen LogP contribution in [-0.2, 0) is 0 Å². The summed E-state index contributed by atoms with van der Waals surface area (Å²) in [5.74, 6) is 1.42. The van der Waals surface area contributed by atoms with Crippen LogP contribution in [0.3, 0.4) is 0 Å². The van der Waals surface area contributed by atoms with E-state index in [0.717, 1.165) is 28.0 Å². The summed E-state index contributed by atoms with van der Waals surface area (Å²) in [6.07, 6.45) is 4.36. The van der Waals surface area contributed by atoms with E-state index in [-0.39, 0.29) is 0 Å². The average Bonchev–Trinajstić information content (AvgIpc) is 2.98. The van der Waals surface area contributed by atoms with E-state index in [1.165, 1.54) is 18.5 Å². The Balaban J connectivity index is 1.90. The fourth-order valence-electron chi connectivity index (χ4n) is 1.97. The highest BCUT2D eigenvalue weighted by molar-refractivity contribution is 9.11. The van der Waals surface area contributed by atoms with Crippen LogP contribution in [0.5, 0.6) is 0 Å². The summed E-state index contributed by atoms with van der Waals surface area (Å²) in [7, 11) is 0. The average molecular weight is 348 g/mol. The number of hydrogen-bond acceptors (Lipinski definition) is 2. The molecule has 2 unspecified atom stereocenters.